The molecule has 4 aromatic heterocycles. The Labute approximate surface area is 312 Å². The van der Waals surface area contributed by atoms with Crippen LogP contribution in [-0.4, -0.2) is 24.5 Å². The number of hydrogen-bond donors (Lipinski definition) is 0. The maximum absolute atomic E-state index is 6.29. The van der Waals surface area contributed by atoms with E-state index in [9.17, 15) is 0 Å². The Morgan fingerprint density at radius 2 is 0.939 bits per heavy atom. The molecule has 4 aromatic carbocycles. The quantitative estimate of drug-likeness (QED) is 0.149. The molecule has 0 aliphatic rings. The fourth-order valence-electron chi connectivity index (χ4n) is 5.49. The van der Waals surface area contributed by atoms with Crippen LogP contribution in [0.1, 0.15) is 11.4 Å². The van der Waals surface area contributed by atoms with Crippen LogP contribution in [0.2, 0.25) is 0 Å². The van der Waals surface area contributed by atoms with Gasteiger partial charge < -0.3 is 24.0 Å². The zero-order chi connectivity index (χ0) is 31.7. The second-order valence-electron chi connectivity index (χ2n) is 10.9. The molecule has 0 radical (unpaired) electrons. The Bertz CT molecular complexity index is 2270. The largest absolute Gasteiger partial charge is 2.00 e. The van der Waals surface area contributed by atoms with E-state index < -0.39 is 0 Å². The van der Waals surface area contributed by atoms with Gasteiger partial charge in [-0.15, -0.1) is 71.8 Å². The fourth-order valence-corrected chi connectivity index (χ4v) is 5.49. The van der Waals surface area contributed by atoms with Gasteiger partial charge in [-0.2, -0.15) is 22.9 Å². The number of benzene rings is 4. The van der Waals surface area contributed by atoms with Gasteiger partial charge in [0, 0.05) is 46.8 Å². The summed E-state index contributed by atoms with van der Waals surface area (Å²) in [4.78, 5) is 18.4. The summed E-state index contributed by atoms with van der Waals surface area (Å²) in [5.41, 5.74) is 6.72. The third kappa shape index (κ3) is 7.10. The summed E-state index contributed by atoms with van der Waals surface area (Å²) in [6.45, 7) is 3.94. The van der Waals surface area contributed by atoms with Gasteiger partial charge in [-0.3, -0.25) is 0 Å². The first-order chi connectivity index (χ1) is 23.1. The Kier molecular flexibility index (Phi) is 10.1. The molecule has 0 saturated heterocycles. The standard InChI is InChI=1S/C40H25N5O2.2Pt/c1-26-8-3-14-36(43-26)28-10-5-12-30(22-28)46-32-16-18-34-35-19-17-33(25-39(35)45(38(34)24-32)40-41-20-7-21-42-40)47-31-13-6-11-29(23-31)37-15-4-9-27(2)44-37;;/h3-21H,1-2H3;;/q-4;2*+2. The van der Waals surface area contributed by atoms with Gasteiger partial charge in [-0.05, 0) is 43.4 Å². The molecule has 49 heavy (non-hydrogen) atoms. The summed E-state index contributed by atoms with van der Waals surface area (Å²) >= 11 is 0. The zero-order valence-electron chi connectivity index (χ0n) is 26.2. The minimum Gasteiger partial charge on any atom is -0.503 e. The topological polar surface area (TPSA) is 75.0 Å². The Morgan fingerprint density at radius 1 is 0.490 bits per heavy atom. The Balaban J connectivity index is 0.00000208. The number of aromatic nitrogens is 5. The van der Waals surface area contributed by atoms with Crippen LogP contribution >= 0.6 is 0 Å². The van der Waals surface area contributed by atoms with Crippen LogP contribution in [0.4, 0.5) is 0 Å². The van der Waals surface area contributed by atoms with E-state index in [-0.39, 0.29) is 42.1 Å². The summed E-state index contributed by atoms with van der Waals surface area (Å²) in [5, 5.41) is 1.90. The van der Waals surface area contributed by atoms with E-state index in [4.69, 9.17) is 9.47 Å². The number of pyridine rings is 2. The molecule has 0 aliphatic carbocycles. The van der Waals surface area contributed by atoms with Crippen LogP contribution in [-0.2, 0) is 42.1 Å². The van der Waals surface area contributed by atoms with Gasteiger partial charge in [0.25, 0.3) is 0 Å². The van der Waals surface area contributed by atoms with Gasteiger partial charge in [0.2, 0.25) is 5.95 Å². The molecule has 0 atom stereocenters. The first-order valence-electron chi connectivity index (χ1n) is 15.1. The number of hydrogen-bond acceptors (Lipinski definition) is 6. The van der Waals surface area contributed by atoms with Gasteiger partial charge in [0.1, 0.15) is 0 Å². The smallest absolute Gasteiger partial charge is 0.503 e. The van der Waals surface area contributed by atoms with Crippen LogP contribution in [0.3, 0.4) is 0 Å². The van der Waals surface area contributed by atoms with Crippen LogP contribution < -0.4 is 9.47 Å². The number of rotatable bonds is 7. The van der Waals surface area contributed by atoms with Crippen molar-refractivity contribution >= 4 is 21.8 Å². The molecule has 0 unspecified atom stereocenters. The molecule has 9 heteroatoms. The van der Waals surface area contributed by atoms with Crippen LogP contribution in [0.15, 0.2) is 116 Å². The second kappa shape index (κ2) is 14.7. The third-order valence-electron chi connectivity index (χ3n) is 7.59. The van der Waals surface area contributed by atoms with Crippen molar-refractivity contribution in [2.45, 2.75) is 13.8 Å². The molecule has 8 aromatic rings. The molecule has 8 rings (SSSR count). The molecule has 0 saturated carbocycles. The molecular weight excluding hydrogens is 973 g/mol. The van der Waals surface area contributed by atoms with E-state index in [1.807, 2.05) is 115 Å². The summed E-state index contributed by atoms with van der Waals surface area (Å²) < 4.78 is 14.5. The maximum atomic E-state index is 6.29. The summed E-state index contributed by atoms with van der Waals surface area (Å²) in [5.74, 6) is 2.64. The van der Waals surface area contributed by atoms with Crippen molar-refractivity contribution in [3.05, 3.63) is 151 Å². The van der Waals surface area contributed by atoms with Crippen molar-refractivity contribution < 1.29 is 51.6 Å². The van der Waals surface area contributed by atoms with E-state index in [0.717, 1.165) is 55.7 Å². The zero-order valence-corrected chi connectivity index (χ0v) is 30.7. The van der Waals surface area contributed by atoms with E-state index in [1.165, 1.54) is 0 Å². The number of nitrogens with zero attached hydrogens (tertiary/aromatic N) is 5. The molecule has 7 nitrogen and oxygen atoms in total. The Hall–Kier alpha value is -4.96. The molecule has 4 heterocycles. The predicted octanol–water partition coefficient (Wildman–Crippen LogP) is 9.09. The molecular formula is C40H25N5O2Pt2. The van der Waals surface area contributed by atoms with Crippen LogP contribution in [0, 0.1) is 38.1 Å². The van der Waals surface area contributed by atoms with Crippen molar-refractivity contribution in [1.82, 2.24) is 24.5 Å². The average molecular weight is 998 g/mol. The summed E-state index contributed by atoms with van der Waals surface area (Å²) in [6.07, 6.45) is 3.42. The Morgan fingerprint density at radius 3 is 1.41 bits per heavy atom. The minimum atomic E-state index is 0. The van der Waals surface area contributed by atoms with Crippen molar-refractivity contribution in [1.29, 1.82) is 0 Å². The normalized spacial score (nSPS) is 10.7. The van der Waals surface area contributed by atoms with Crippen molar-refractivity contribution in [3.8, 4) is 51.5 Å². The van der Waals surface area contributed by atoms with Crippen molar-refractivity contribution in [2.75, 3.05) is 0 Å². The number of fused-ring (bicyclic) bond motifs is 3. The van der Waals surface area contributed by atoms with E-state index in [2.05, 4.69) is 44.2 Å². The molecule has 0 bridgehead atoms. The maximum Gasteiger partial charge on any atom is 2.00 e. The first kappa shape index (κ1) is 33.9. The molecule has 0 spiro atoms. The number of aryl methyl sites for hydroxylation is 2. The summed E-state index contributed by atoms with van der Waals surface area (Å²) in [7, 11) is 0. The van der Waals surface area contributed by atoms with Crippen LogP contribution in [0.25, 0.3) is 50.3 Å². The van der Waals surface area contributed by atoms with E-state index in [0.29, 0.717) is 28.9 Å². The summed E-state index contributed by atoms with van der Waals surface area (Å²) in [6, 6.07) is 46.5. The average Bonchev–Trinajstić information content (AvgIpc) is 3.41. The molecule has 242 valence electrons. The predicted molar refractivity (Wildman–Crippen MR) is 181 cm³/mol. The molecule has 0 N–H and O–H groups in total. The van der Waals surface area contributed by atoms with Crippen molar-refractivity contribution in [2.24, 2.45) is 0 Å². The van der Waals surface area contributed by atoms with Gasteiger partial charge in [-0.25, -0.2) is 9.97 Å². The number of ether oxygens (including phenoxy) is 2. The third-order valence-corrected chi connectivity index (χ3v) is 7.59. The van der Waals surface area contributed by atoms with Gasteiger partial charge in [0.15, 0.2) is 0 Å². The van der Waals surface area contributed by atoms with Gasteiger partial charge in [-0.1, -0.05) is 47.4 Å². The van der Waals surface area contributed by atoms with Gasteiger partial charge in [0.05, 0.1) is 0 Å². The second-order valence-corrected chi connectivity index (χ2v) is 10.9. The molecule has 0 amide bonds. The van der Waals surface area contributed by atoms with E-state index >= 15 is 0 Å². The van der Waals surface area contributed by atoms with Crippen LogP contribution in [0.5, 0.6) is 23.0 Å². The van der Waals surface area contributed by atoms with Gasteiger partial charge >= 0.3 is 42.1 Å². The monoisotopic (exact) mass is 997 g/mol. The molecule has 0 aliphatic heterocycles. The molecule has 0 fully saturated rings. The van der Waals surface area contributed by atoms with E-state index in [1.54, 1.807) is 18.5 Å². The minimum absolute atomic E-state index is 0. The van der Waals surface area contributed by atoms with Crippen molar-refractivity contribution in [3.63, 3.8) is 0 Å². The first-order valence-corrected chi connectivity index (χ1v) is 15.1. The SMILES string of the molecule is Cc1cccc(-c2[c-]c(Oc3[c-]c4c(cc3)c3ccc(Oc5[c-]c(-c6cccc(C)n6)ccc5)[c-]c3n4-c3ncccn3)ccc2)n1.[Pt+2].[Pt+2]. The fraction of sp³-hybridized carbons (Fsp3) is 0.0500.